The second-order valence-corrected chi connectivity index (χ2v) is 10.7. The number of likely N-dealkylation sites (tertiary alicyclic amines) is 1. The summed E-state index contributed by atoms with van der Waals surface area (Å²) in [4.78, 5) is 2.51. The quantitative estimate of drug-likeness (QED) is 0.746. The van der Waals surface area contributed by atoms with Gasteiger partial charge in [-0.25, -0.2) is 0 Å². The number of benzene rings is 1. The molecule has 2 N–H and O–H groups in total. The van der Waals surface area contributed by atoms with Gasteiger partial charge in [-0.05, 0) is 57.8 Å². The van der Waals surface area contributed by atoms with E-state index in [0.29, 0.717) is 11.8 Å². The maximum Gasteiger partial charge on any atom is 0.165 e. The summed E-state index contributed by atoms with van der Waals surface area (Å²) in [7, 11) is 4.00. The Hall–Kier alpha value is -1.56. The summed E-state index contributed by atoms with van der Waals surface area (Å²) in [6.45, 7) is 5.11. The lowest BCUT2D eigenvalue weighted by molar-refractivity contribution is -0.247. The number of fused-ring (bicyclic) bond motifs is 1. The van der Waals surface area contributed by atoms with Gasteiger partial charge in [-0.1, -0.05) is 31.6 Å². The van der Waals surface area contributed by atoms with E-state index >= 15 is 0 Å². The van der Waals surface area contributed by atoms with Crippen LogP contribution < -0.4 is 4.74 Å². The summed E-state index contributed by atoms with van der Waals surface area (Å²) in [6.07, 6.45) is 8.86. The van der Waals surface area contributed by atoms with Crippen LogP contribution in [-0.2, 0) is 16.6 Å². The van der Waals surface area contributed by atoms with Crippen LogP contribution in [0.25, 0.3) is 0 Å². The summed E-state index contributed by atoms with van der Waals surface area (Å²) in [5.41, 5.74) is 0.625. The summed E-state index contributed by atoms with van der Waals surface area (Å²) >= 11 is 0. The summed E-state index contributed by atoms with van der Waals surface area (Å²) < 4.78 is 13.1. The second kappa shape index (κ2) is 5.62. The molecule has 5 heteroatoms. The molecule has 7 atom stereocenters. The molecule has 2 spiro atoms. The number of rotatable bonds is 4. The van der Waals surface area contributed by atoms with E-state index in [-0.39, 0.29) is 28.6 Å². The highest BCUT2D eigenvalue weighted by molar-refractivity contribution is 5.65. The van der Waals surface area contributed by atoms with Gasteiger partial charge in [0.15, 0.2) is 11.5 Å². The lowest BCUT2D eigenvalue weighted by atomic mass is 9.36. The third-order valence-corrected chi connectivity index (χ3v) is 9.58. The van der Waals surface area contributed by atoms with Gasteiger partial charge in [0.25, 0.3) is 0 Å². The number of methoxy groups -OCH3 is 1. The minimum atomic E-state index is -0.850. The summed E-state index contributed by atoms with van der Waals surface area (Å²) in [5.74, 6) is 0.823. The molecule has 0 aromatic heterocycles. The minimum Gasteiger partial charge on any atom is -0.504 e. The Kier molecular flexibility index (Phi) is 3.59. The van der Waals surface area contributed by atoms with Crippen LogP contribution >= 0.6 is 0 Å². The molecule has 1 saturated carbocycles. The van der Waals surface area contributed by atoms with Crippen molar-refractivity contribution in [2.45, 2.75) is 74.7 Å². The Balaban J connectivity index is 1.66. The van der Waals surface area contributed by atoms with Crippen LogP contribution in [0.2, 0.25) is 0 Å². The fourth-order valence-corrected chi connectivity index (χ4v) is 8.44. The van der Waals surface area contributed by atoms with Gasteiger partial charge in [-0.15, -0.1) is 0 Å². The molecule has 1 saturated heterocycles. The Morgan fingerprint density at radius 2 is 2.13 bits per heavy atom. The van der Waals surface area contributed by atoms with E-state index in [9.17, 15) is 10.2 Å². The average molecular weight is 412 g/mol. The van der Waals surface area contributed by atoms with Crippen LogP contribution in [0.15, 0.2) is 24.3 Å². The first-order valence-corrected chi connectivity index (χ1v) is 11.5. The third-order valence-electron chi connectivity index (χ3n) is 9.58. The van der Waals surface area contributed by atoms with E-state index in [1.165, 1.54) is 11.1 Å². The zero-order valence-electron chi connectivity index (χ0n) is 18.4. The predicted octanol–water partition coefficient (Wildman–Crippen LogP) is 3.16. The lowest BCUT2D eigenvalue weighted by Crippen LogP contribution is -2.80. The number of piperidine rings is 1. The predicted molar refractivity (Wildman–Crippen MR) is 114 cm³/mol. The molecule has 30 heavy (non-hydrogen) atoms. The van der Waals surface area contributed by atoms with Crippen molar-refractivity contribution < 1.29 is 19.7 Å². The first-order chi connectivity index (χ1) is 14.3. The van der Waals surface area contributed by atoms with Crippen molar-refractivity contribution in [1.82, 2.24) is 4.90 Å². The van der Waals surface area contributed by atoms with E-state index < -0.39 is 11.2 Å². The van der Waals surface area contributed by atoms with Gasteiger partial charge < -0.3 is 24.6 Å². The molecule has 2 aliphatic heterocycles. The summed E-state index contributed by atoms with van der Waals surface area (Å²) in [6, 6.07) is 4.23. The smallest absolute Gasteiger partial charge is 0.165 e. The molecule has 2 fully saturated rings. The fraction of sp³-hybridized carbons (Fsp3) is 0.680. The van der Waals surface area contributed by atoms with Crippen molar-refractivity contribution in [2.75, 3.05) is 20.7 Å². The van der Waals surface area contributed by atoms with Crippen LogP contribution in [0.5, 0.6) is 11.5 Å². The lowest BCUT2D eigenvalue weighted by Gasteiger charge is -2.72. The highest BCUT2D eigenvalue weighted by Crippen LogP contribution is 2.75. The maximum atomic E-state index is 11.7. The van der Waals surface area contributed by atoms with Crippen LogP contribution in [0.4, 0.5) is 0 Å². The van der Waals surface area contributed by atoms with Gasteiger partial charge in [-0.2, -0.15) is 0 Å². The van der Waals surface area contributed by atoms with Gasteiger partial charge >= 0.3 is 0 Å². The number of nitrogens with zero attached hydrogens (tertiary/aromatic N) is 1. The zero-order valence-corrected chi connectivity index (χ0v) is 18.4. The maximum absolute atomic E-state index is 11.7. The monoisotopic (exact) mass is 411 g/mol. The highest BCUT2D eigenvalue weighted by atomic mass is 16.6. The Labute approximate surface area is 178 Å². The minimum absolute atomic E-state index is 0.0647. The molecule has 162 valence electrons. The van der Waals surface area contributed by atoms with Crippen molar-refractivity contribution in [3.05, 3.63) is 35.4 Å². The molecule has 6 aliphatic rings. The van der Waals surface area contributed by atoms with Crippen LogP contribution in [0.1, 0.15) is 50.7 Å². The number of ether oxygens (including phenoxy) is 2. The van der Waals surface area contributed by atoms with Crippen LogP contribution in [-0.4, -0.2) is 59.2 Å². The molecule has 4 aliphatic carbocycles. The van der Waals surface area contributed by atoms with Crippen LogP contribution in [0, 0.1) is 11.3 Å². The largest absolute Gasteiger partial charge is 0.504 e. The molecule has 5 nitrogen and oxygen atoms in total. The first-order valence-electron chi connectivity index (χ1n) is 11.5. The fourth-order valence-electron chi connectivity index (χ4n) is 8.44. The molecular formula is C25H33NO4. The van der Waals surface area contributed by atoms with E-state index in [1.807, 2.05) is 6.92 Å². The molecule has 0 unspecified atom stereocenters. The molecule has 1 aromatic carbocycles. The molecule has 7 rings (SSSR count). The summed E-state index contributed by atoms with van der Waals surface area (Å²) in [5, 5.41) is 22.4. The molecule has 4 bridgehead atoms. The Morgan fingerprint density at radius 1 is 1.33 bits per heavy atom. The average Bonchev–Trinajstić information content (AvgIpc) is 3.09. The Bertz CT molecular complexity index is 957. The topological polar surface area (TPSA) is 62.2 Å². The van der Waals surface area contributed by atoms with E-state index in [2.05, 4.69) is 37.1 Å². The van der Waals surface area contributed by atoms with Crippen molar-refractivity contribution in [3.8, 4) is 11.5 Å². The number of aliphatic hydroxyl groups is 1. The van der Waals surface area contributed by atoms with E-state index in [4.69, 9.17) is 9.47 Å². The Morgan fingerprint density at radius 3 is 2.87 bits per heavy atom. The van der Waals surface area contributed by atoms with Crippen molar-refractivity contribution in [1.29, 1.82) is 0 Å². The molecule has 0 radical (unpaired) electrons. The normalized spacial score (nSPS) is 44.5. The highest BCUT2D eigenvalue weighted by Gasteiger charge is 2.80. The van der Waals surface area contributed by atoms with Gasteiger partial charge in [-0.3, -0.25) is 0 Å². The van der Waals surface area contributed by atoms with Gasteiger partial charge in [0.05, 0.1) is 11.0 Å². The van der Waals surface area contributed by atoms with Crippen molar-refractivity contribution in [2.24, 2.45) is 11.3 Å². The van der Waals surface area contributed by atoms with Gasteiger partial charge in [0, 0.05) is 30.0 Å². The molecule has 1 aromatic rings. The third kappa shape index (κ3) is 1.80. The van der Waals surface area contributed by atoms with Gasteiger partial charge in [0.1, 0.15) is 11.7 Å². The number of aromatic hydroxyl groups is 1. The molecule has 2 heterocycles. The number of phenolic OH excluding ortho intramolecular Hbond substituents is 1. The first kappa shape index (κ1) is 19.1. The number of hydrogen-bond acceptors (Lipinski definition) is 5. The number of phenols is 1. The van der Waals surface area contributed by atoms with E-state index in [1.54, 1.807) is 13.2 Å². The second-order valence-electron chi connectivity index (χ2n) is 10.7. The SMILES string of the molecule is CCC[C@@](C)(O)[C@H]1C[C@]23C=C[C@]1(OC)[C@H]1Oc4c(O)ccc5c4[C@]12CCN(C)[C@H]3C5. The molecular weight excluding hydrogens is 378 g/mol. The van der Waals surface area contributed by atoms with Crippen LogP contribution in [0.3, 0.4) is 0 Å². The zero-order chi connectivity index (χ0) is 21.1. The number of likely N-dealkylation sites (N-methyl/N-ethyl adjacent to an activating group) is 1. The van der Waals surface area contributed by atoms with E-state index in [0.717, 1.165) is 38.6 Å². The van der Waals surface area contributed by atoms with Gasteiger partial charge in [0.2, 0.25) is 0 Å². The van der Waals surface area contributed by atoms with Crippen molar-refractivity contribution >= 4 is 0 Å². The standard InChI is InChI=1S/C25H33NO4/c1-5-8-22(2,28)17-14-23-9-10-25(17,29-4)21-24(23)11-12-26(3)18(23)13-15-6-7-16(27)20(30-21)19(15)24/h6-7,9-10,17-18,21,27-28H,5,8,11-14H2,1-4H3/t17-,18+,21+,22-,23+,24-,25-/m1/s1. The molecule has 0 amide bonds. The number of hydrogen-bond donors (Lipinski definition) is 2. The van der Waals surface area contributed by atoms with Crippen molar-refractivity contribution in [3.63, 3.8) is 0 Å².